The lowest BCUT2D eigenvalue weighted by Crippen LogP contribution is -2.35. The third kappa shape index (κ3) is 4.36. The van der Waals surface area contributed by atoms with E-state index in [-0.39, 0.29) is 25.1 Å². The lowest BCUT2D eigenvalue weighted by molar-refractivity contribution is 0.103. The van der Waals surface area contributed by atoms with Crippen molar-refractivity contribution < 1.29 is 27.1 Å². The molecular weight excluding hydrogens is 490 g/mol. The first kappa shape index (κ1) is 24.0. The van der Waals surface area contributed by atoms with Crippen molar-refractivity contribution >= 4 is 32.7 Å². The van der Waals surface area contributed by atoms with E-state index in [9.17, 15) is 22.7 Å². The highest BCUT2D eigenvalue weighted by atomic mass is 32.2. The quantitative estimate of drug-likeness (QED) is 0.340. The molecule has 8 nitrogen and oxygen atoms in total. The largest absolute Gasteiger partial charge is 0.392 e. The maximum atomic E-state index is 15.4. The highest BCUT2D eigenvalue weighted by Crippen LogP contribution is 2.30. The number of anilines is 1. The van der Waals surface area contributed by atoms with Gasteiger partial charge >= 0.3 is 10.2 Å². The Morgan fingerprint density at radius 3 is 2.61 bits per heavy atom. The van der Waals surface area contributed by atoms with Crippen LogP contribution in [0.3, 0.4) is 0 Å². The van der Waals surface area contributed by atoms with E-state index in [1.54, 1.807) is 12.3 Å². The Bertz CT molecular complexity index is 1590. The number of carbonyl (C=O) groups excluding carboxylic acids is 1. The van der Waals surface area contributed by atoms with Crippen LogP contribution in [0.2, 0.25) is 0 Å². The van der Waals surface area contributed by atoms with Gasteiger partial charge in [-0.1, -0.05) is 29.8 Å². The number of aryl methyl sites for hydroxylation is 1. The number of aromatic nitrogens is 2. The first-order valence-electron chi connectivity index (χ1n) is 11.2. The molecule has 4 aromatic rings. The van der Waals surface area contributed by atoms with Crippen molar-refractivity contribution in [2.24, 2.45) is 0 Å². The Hall–Kier alpha value is -3.67. The standard InChI is InChI=1S/C25H22F2N4O4S/c1-14-2-4-15(5-3-14)16-10-18-19(12-29-25(18)28-11-16)24(33)22-20(26)6-7-21(23(22)27)30-36(34,35)31-9-8-17(32)13-31/h2-7,10-12,17,30,32H,8-9,13H2,1H3,(H,28,29)/t17-/m1/s1. The van der Waals surface area contributed by atoms with E-state index >= 15 is 4.39 Å². The molecule has 1 saturated heterocycles. The summed E-state index contributed by atoms with van der Waals surface area (Å²) in [7, 11) is -4.22. The number of nitrogens with zero attached hydrogens (tertiary/aromatic N) is 2. The molecule has 0 aliphatic carbocycles. The van der Waals surface area contributed by atoms with Crippen molar-refractivity contribution in [3.05, 3.63) is 83.2 Å². The van der Waals surface area contributed by atoms with Crippen molar-refractivity contribution in [2.45, 2.75) is 19.4 Å². The monoisotopic (exact) mass is 512 g/mol. The first-order chi connectivity index (χ1) is 17.1. The molecule has 0 radical (unpaired) electrons. The Labute approximate surface area is 205 Å². The Morgan fingerprint density at radius 2 is 1.92 bits per heavy atom. The van der Waals surface area contributed by atoms with E-state index in [2.05, 4.69) is 14.7 Å². The maximum Gasteiger partial charge on any atom is 0.301 e. The summed E-state index contributed by atoms with van der Waals surface area (Å²) in [5.74, 6) is -3.42. The molecule has 0 spiro atoms. The molecule has 36 heavy (non-hydrogen) atoms. The molecule has 11 heteroatoms. The zero-order valence-corrected chi connectivity index (χ0v) is 19.9. The molecule has 186 valence electrons. The summed E-state index contributed by atoms with van der Waals surface area (Å²) >= 11 is 0. The van der Waals surface area contributed by atoms with Crippen LogP contribution in [0.25, 0.3) is 22.2 Å². The van der Waals surface area contributed by atoms with Crippen molar-refractivity contribution in [1.82, 2.24) is 14.3 Å². The summed E-state index contributed by atoms with van der Waals surface area (Å²) in [4.78, 5) is 20.5. The molecule has 3 N–H and O–H groups in total. The predicted molar refractivity (Wildman–Crippen MR) is 131 cm³/mol. The minimum Gasteiger partial charge on any atom is -0.392 e. The Morgan fingerprint density at radius 1 is 1.17 bits per heavy atom. The number of aromatic amines is 1. The lowest BCUT2D eigenvalue weighted by Gasteiger charge is -2.18. The van der Waals surface area contributed by atoms with E-state index < -0.39 is 45.0 Å². The zero-order chi connectivity index (χ0) is 25.6. The van der Waals surface area contributed by atoms with Crippen LogP contribution in [0.4, 0.5) is 14.5 Å². The Kier molecular flexibility index (Phi) is 6.07. The molecule has 0 amide bonds. The number of halogens is 2. The molecule has 1 atom stereocenters. The van der Waals surface area contributed by atoms with E-state index in [4.69, 9.17) is 0 Å². The van der Waals surface area contributed by atoms with Gasteiger partial charge in [0.25, 0.3) is 0 Å². The van der Waals surface area contributed by atoms with Gasteiger partial charge < -0.3 is 10.1 Å². The number of rotatable bonds is 6. The van der Waals surface area contributed by atoms with Crippen LogP contribution in [0, 0.1) is 18.6 Å². The second-order valence-electron chi connectivity index (χ2n) is 8.71. The predicted octanol–water partition coefficient (Wildman–Crippen LogP) is 3.77. The van der Waals surface area contributed by atoms with E-state index in [0.29, 0.717) is 16.6 Å². The van der Waals surface area contributed by atoms with Crippen LogP contribution in [-0.4, -0.2) is 52.8 Å². The number of pyridine rings is 1. The van der Waals surface area contributed by atoms with Gasteiger partial charge in [0, 0.05) is 42.0 Å². The van der Waals surface area contributed by atoms with Gasteiger partial charge in [-0.2, -0.15) is 12.7 Å². The number of β-amino-alcohol motifs (C(OH)–C–C–N with tert-alkyl or cyclic N) is 1. The average Bonchev–Trinajstić information content (AvgIpc) is 3.48. The fraction of sp³-hybridized carbons (Fsp3) is 0.200. The normalized spacial score (nSPS) is 16.5. The topological polar surface area (TPSA) is 115 Å². The lowest BCUT2D eigenvalue weighted by atomic mass is 9.99. The summed E-state index contributed by atoms with van der Waals surface area (Å²) in [6, 6.07) is 11.1. The molecule has 1 fully saturated rings. The van der Waals surface area contributed by atoms with Gasteiger partial charge in [-0.15, -0.1) is 0 Å². The van der Waals surface area contributed by atoms with Crippen LogP contribution < -0.4 is 4.72 Å². The number of nitrogens with one attached hydrogen (secondary N) is 2. The number of hydrogen-bond donors (Lipinski definition) is 3. The first-order valence-corrected chi connectivity index (χ1v) is 12.6. The van der Waals surface area contributed by atoms with Gasteiger partial charge in [0.15, 0.2) is 5.82 Å². The molecular formula is C25H22F2N4O4S. The van der Waals surface area contributed by atoms with Crippen molar-refractivity contribution in [2.75, 3.05) is 17.8 Å². The second-order valence-corrected chi connectivity index (χ2v) is 10.4. The summed E-state index contributed by atoms with van der Waals surface area (Å²) in [5, 5.41) is 9.99. The molecule has 5 rings (SSSR count). The third-order valence-electron chi connectivity index (χ3n) is 6.18. The van der Waals surface area contributed by atoms with Crippen LogP contribution in [0.5, 0.6) is 0 Å². The third-order valence-corrected chi connectivity index (χ3v) is 7.67. The number of H-pyrrole nitrogens is 1. The summed E-state index contributed by atoms with van der Waals surface area (Å²) < 4.78 is 58.3. The van der Waals surface area contributed by atoms with Crippen LogP contribution in [0.1, 0.15) is 27.9 Å². The minimum absolute atomic E-state index is 0.00747. The summed E-state index contributed by atoms with van der Waals surface area (Å²) in [5.41, 5.74) is 1.54. The highest BCUT2D eigenvalue weighted by Gasteiger charge is 2.32. The molecule has 0 bridgehead atoms. The number of carbonyl (C=O) groups is 1. The van der Waals surface area contributed by atoms with Gasteiger partial charge in [-0.05, 0) is 37.1 Å². The summed E-state index contributed by atoms with van der Waals surface area (Å²) in [6.07, 6.45) is 2.37. The number of hydrogen-bond acceptors (Lipinski definition) is 5. The van der Waals surface area contributed by atoms with Gasteiger partial charge in [-0.25, -0.2) is 13.8 Å². The minimum atomic E-state index is -4.22. The number of ketones is 1. The fourth-order valence-corrected chi connectivity index (χ4v) is 5.48. The molecule has 2 aromatic carbocycles. The molecule has 3 heterocycles. The number of benzene rings is 2. The SMILES string of the molecule is Cc1ccc(-c2cnc3[nH]cc(C(=O)c4c(F)ccc(NS(=O)(=O)N5CC[C@@H](O)C5)c4F)c3c2)cc1. The number of aliphatic hydroxyl groups is 1. The molecule has 0 saturated carbocycles. The van der Waals surface area contributed by atoms with Gasteiger partial charge in [-0.3, -0.25) is 9.52 Å². The molecule has 1 aliphatic rings. The van der Waals surface area contributed by atoms with Crippen molar-refractivity contribution in [1.29, 1.82) is 0 Å². The van der Waals surface area contributed by atoms with Gasteiger partial charge in [0.1, 0.15) is 11.5 Å². The fourth-order valence-electron chi connectivity index (χ4n) is 4.20. The van der Waals surface area contributed by atoms with Crippen LogP contribution in [-0.2, 0) is 10.2 Å². The van der Waals surface area contributed by atoms with E-state index in [1.165, 1.54) is 6.20 Å². The van der Waals surface area contributed by atoms with Crippen molar-refractivity contribution in [3.8, 4) is 11.1 Å². The van der Waals surface area contributed by atoms with Crippen molar-refractivity contribution in [3.63, 3.8) is 0 Å². The van der Waals surface area contributed by atoms with Crippen LogP contribution >= 0.6 is 0 Å². The summed E-state index contributed by atoms with van der Waals surface area (Å²) in [6.45, 7) is 1.87. The molecule has 0 unspecified atom stereocenters. The molecule has 2 aromatic heterocycles. The average molecular weight is 513 g/mol. The van der Waals surface area contributed by atoms with E-state index in [1.807, 2.05) is 31.2 Å². The van der Waals surface area contributed by atoms with Gasteiger partial charge in [0.05, 0.1) is 17.4 Å². The maximum absolute atomic E-state index is 15.4. The highest BCUT2D eigenvalue weighted by molar-refractivity contribution is 7.90. The van der Waals surface area contributed by atoms with Gasteiger partial charge in [0.2, 0.25) is 5.78 Å². The zero-order valence-electron chi connectivity index (χ0n) is 19.1. The molecule has 1 aliphatic heterocycles. The van der Waals surface area contributed by atoms with Crippen LogP contribution in [0.15, 0.2) is 54.9 Å². The van der Waals surface area contributed by atoms with E-state index in [0.717, 1.165) is 27.6 Å². The number of fused-ring (bicyclic) bond motifs is 1. The smallest absolute Gasteiger partial charge is 0.301 e. The second kappa shape index (κ2) is 9.08. The number of aliphatic hydroxyl groups excluding tert-OH is 1. The Balaban J connectivity index is 1.52.